The van der Waals surface area contributed by atoms with Crippen molar-refractivity contribution < 1.29 is 52.1 Å². The Hall–Kier alpha value is -3.04. The predicted octanol–water partition coefficient (Wildman–Crippen LogP) is 6.35. The molecule has 4 aromatic rings. The molecule has 0 aliphatic carbocycles. The van der Waals surface area contributed by atoms with Crippen LogP contribution in [0.1, 0.15) is 44.4 Å². The van der Waals surface area contributed by atoms with E-state index in [1.165, 1.54) is 4.46 Å². The van der Waals surface area contributed by atoms with Crippen molar-refractivity contribution in [1.82, 2.24) is 0 Å². The molecule has 8 rings (SSSR count). The summed E-state index contributed by atoms with van der Waals surface area (Å²) in [7, 11) is 0. The molecule has 0 amide bonds. The molecule has 1 unspecified atom stereocenters. The van der Waals surface area contributed by atoms with Crippen LogP contribution in [0.4, 0.5) is 0 Å². The summed E-state index contributed by atoms with van der Waals surface area (Å²) in [6.45, 7) is 9.42. The molecule has 12 heteroatoms. The van der Waals surface area contributed by atoms with Gasteiger partial charge in [-0.05, 0) is 13.8 Å². The monoisotopic (exact) mass is 876 g/mol. The van der Waals surface area contributed by atoms with Crippen LogP contribution < -0.4 is 4.46 Å². The third-order valence-electron chi connectivity index (χ3n) is 10.6. The molecule has 0 radical (unpaired) electrons. The molecule has 4 aromatic carbocycles. The van der Waals surface area contributed by atoms with Gasteiger partial charge in [0.2, 0.25) is 0 Å². The number of hydrogen-bond donors (Lipinski definition) is 0. The average Bonchev–Trinajstić information content (AvgIpc) is 3.75. The second-order valence-electron chi connectivity index (χ2n) is 16.1. The minimum atomic E-state index is -0.880. The second-order valence-corrected chi connectivity index (χ2v) is 18.6. The van der Waals surface area contributed by atoms with Crippen LogP contribution in [0, 0.1) is 0 Å². The first-order valence-corrected chi connectivity index (χ1v) is 22.6. The summed E-state index contributed by atoms with van der Waals surface area (Å²) < 4.78 is 73.9. The molecule has 10 atom stereocenters. The van der Waals surface area contributed by atoms with Crippen LogP contribution in [-0.2, 0) is 71.9 Å². The van der Waals surface area contributed by atoms with Crippen molar-refractivity contribution in [2.75, 3.05) is 19.8 Å². The van der Waals surface area contributed by atoms with Crippen molar-refractivity contribution in [1.29, 1.82) is 0 Å². The van der Waals surface area contributed by atoms with Crippen LogP contribution in [0.3, 0.4) is 0 Å². The van der Waals surface area contributed by atoms with E-state index in [9.17, 15) is 0 Å². The Morgan fingerprint density at radius 2 is 1.03 bits per heavy atom. The molecule has 0 saturated carbocycles. The fraction of sp³-hybridized carbons (Fsp3) is 0.489. The van der Waals surface area contributed by atoms with Gasteiger partial charge in [0, 0.05) is 0 Å². The Balaban J connectivity index is 1.07. The number of rotatable bonds is 18. The molecule has 4 saturated heterocycles. The first-order valence-electron chi connectivity index (χ1n) is 20.6. The van der Waals surface area contributed by atoms with E-state index in [1.807, 2.05) is 113 Å². The van der Waals surface area contributed by atoms with Crippen molar-refractivity contribution in [3.8, 4) is 0 Å². The summed E-state index contributed by atoms with van der Waals surface area (Å²) in [6, 6.07) is 40.8. The maximum absolute atomic E-state index is 6.94. The van der Waals surface area contributed by atoms with E-state index in [4.69, 9.17) is 52.1 Å². The van der Waals surface area contributed by atoms with Crippen molar-refractivity contribution in [3.05, 3.63) is 138 Å². The number of benzene rings is 4. The molecular formula is C47H56O11Se. The molecule has 0 bridgehead atoms. The van der Waals surface area contributed by atoms with Gasteiger partial charge in [0.15, 0.2) is 0 Å². The molecule has 4 heterocycles. The van der Waals surface area contributed by atoms with Crippen LogP contribution >= 0.6 is 0 Å². The van der Waals surface area contributed by atoms with Gasteiger partial charge in [-0.25, -0.2) is 0 Å². The number of hydrogen-bond acceptors (Lipinski definition) is 11. The van der Waals surface area contributed by atoms with Crippen LogP contribution in [0.5, 0.6) is 0 Å². The zero-order chi connectivity index (χ0) is 40.7. The van der Waals surface area contributed by atoms with Gasteiger partial charge >= 0.3 is 323 Å². The van der Waals surface area contributed by atoms with Crippen molar-refractivity contribution in [3.63, 3.8) is 0 Å². The summed E-state index contributed by atoms with van der Waals surface area (Å²) in [5.74, 6) is -1.69. The van der Waals surface area contributed by atoms with E-state index in [0.29, 0.717) is 26.4 Å². The van der Waals surface area contributed by atoms with Gasteiger partial charge in [-0.2, -0.15) is 0 Å². The molecule has 4 aliphatic heterocycles. The second kappa shape index (κ2) is 19.8. The predicted molar refractivity (Wildman–Crippen MR) is 220 cm³/mol. The van der Waals surface area contributed by atoms with Crippen molar-refractivity contribution >= 4 is 19.4 Å². The Kier molecular flexibility index (Phi) is 14.3. The van der Waals surface area contributed by atoms with Crippen molar-refractivity contribution in [2.45, 2.75) is 126 Å². The quantitative estimate of drug-likeness (QED) is 0.0827. The van der Waals surface area contributed by atoms with Gasteiger partial charge in [0.25, 0.3) is 0 Å². The Bertz CT molecular complexity index is 1850. The topological polar surface area (TPSA) is 102 Å². The van der Waals surface area contributed by atoms with Gasteiger partial charge in [-0.3, -0.25) is 0 Å². The Morgan fingerprint density at radius 1 is 0.492 bits per heavy atom. The average molecular weight is 876 g/mol. The van der Waals surface area contributed by atoms with Gasteiger partial charge in [0.05, 0.1) is 0 Å². The third kappa shape index (κ3) is 11.3. The summed E-state index contributed by atoms with van der Waals surface area (Å²) >= 11 is 0.204. The zero-order valence-electron chi connectivity index (χ0n) is 34.2. The van der Waals surface area contributed by atoms with E-state index in [2.05, 4.69) is 36.4 Å². The summed E-state index contributed by atoms with van der Waals surface area (Å²) in [5, 5.41) is 0.844. The van der Waals surface area contributed by atoms with E-state index in [-0.39, 0.29) is 28.2 Å². The normalized spacial score (nSPS) is 30.8. The van der Waals surface area contributed by atoms with Crippen LogP contribution in [0.25, 0.3) is 0 Å². The molecule has 316 valence electrons. The molecule has 0 spiro atoms. The maximum atomic E-state index is 6.94. The molecule has 0 aromatic heterocycles. The summed E-state index contributed by atoms with van der Waals surface area (Å²) in [5.41, 5.74) is 3.12. The molecule has 11 nitrogen and oxygen atoms in total. The first-order chi connectivity index (χ1) is 28.7. The molecule has 0 N–H and O–H groups in total. The number of ether oxygens (including phenoxy) is 11. The van der Waals surface area contributed by atoms with Gasteiger partial charge in [-0.15, -0.1) is 0 Å². The van der Waals surface area contributed by atoms with Crippen LogP contribution in [0.2, 0.25) is 5.32 Å². The molecular weight excluding hydrogens is 819 g/mol. The summed E-state index contributed by atoms with van der Waals surface area (Å²) in [6.07, 6.45) is -5.88. The fourth-order valence-corrected chi connectivity index (χ4v) is 9.60. The Labute approximate surface area is 354 Å². The molecule has 4 fully saturated rings. The molecule has 59 heavy (non-hydrogen) atoms. The van der Waals surface area contributed by atoms with E-state index < -0.39 is 73.0 Å². The van der Waals surface area contributed by atoms with Gasteiger partial charge in [0.1, 0.15) is 0 Å². The first kappa shape index (κ1) is 42.6. The third-order valence-corrected chi connectivity index (χ3v) is 12.7. The summed E-state index contributed by atoms with van der Waals surface area (Å²) in [4.78, 5) is 0. The minimum absolute atomic E-state index is 0.102. The molecule has 4 aliphatic rings. The fourth-order valence-electron chi connectivity index (χ4n) is 7.99. The Morgan fingerprint density at radius 3 is 1.68 bits per heavy atom. The van der Waals surface area contributed by atoms with E-state index in [0.717, 1.165) is 22.0 Å². The van der Waals surface area contributed by atoms with E-state index >= 15 is 0 Å². The van der Waals surface area contributed by atoms with Crippen LogP contribution in [0.15, 0.2) is 121 Å². The van der Waals surface area contributed by atoms with Crippen LogP contribution in [-0.4, -0.2) is 108 Å². The van der Waals surface area contributed by atoms with Gasteiger partial charge < -0.3 is 0 Å². The van der Waals surface area contributed by atoms with Gasteiger partial charge in [-0.1, -0.05) is 18.2 Å². The van der Waals surface area contributed by atoms with E-state index in [1.54, 1.807) is 0 Å². The standard InChI is InChI=1S/C47H56O11Se/c1-46(2)55-39-37(54-45-43(41(39)56-46)57-47(3,4)58-45)31-52-44-42(49-25-26-59-35-23-15-8-16-24-35)40(51-29-34-21-13-7-14-22-34)38(50-28-33-19-11-6-12-20-33)36(53-44)30-48-27-32-17-9-5-10-18-32/h5-24,36-45H,25-31H2,1-4H3/t36-,37-,38-,39+,40+,41+,42-,43-,44?,45-/m1/s1. The zero-order valence-corrected chi connectivity index (χ0v) is 35.9. The SMILES string of the molecule is CC1(C)O[C@H]2[C@@H](O1)[C@@H](COC1O[C@H](COCc3ccccc3)[C@@H](OCc3ccccc3)[C@H](OCc3ccccc3)[C@H]1OCC[Se]c1ccccc1)O[C@@H]1OC(C)(C)O[C@@H]12. The van der Waals surface area contributed by atoms with Crippen molar-refractivity contribution in [2.24, 2.45) is 0 Å². The number of fused-ring (bicyclic) bond motifs is 3.